The second-order valence-corrected chi connectivity index (χ2v) is 5.12. The van der Waals surface area contributed by atoms with Crippen molar-refractivity contribution in [3.63, 3.8) is 0 Å². The van der Waals surface area contributed by atoms with Crippen LogP contribution in [0.4, 0.5) is 5.69 Å². The van der Waals surface area contributed by atoms with Crippen molar-refractivity contribution in [1.82, 2.24) is 0 Å². The van der Waals surface area contributed by atoms with Gasteiger partial charge in [-0.15, -0.1) is 0 Å². The fourth-order valence-electron chi connectivity index (χ4n) is 1.83. The van der Waals surface area contributed by atoms with E-state index in [1.165, 1.54) is 7.11 Å². The first kappa shape index (κ1) is 15.4. The molecule has 110 valence electrons. The molecular weight excluding hydrogens is 334 g/mol. The largest absolute Gasteiger partial charge is 0.504 e. The molecule has 0 aliphatic rings. The van der Waals surface area contributed by atoms with Crippen LogP contribution in [0.2, 0.25) is 0 Å². The molecule has 0 bridgehead atoms. The lowest BCUT2D eigenvalue weighted by atomic mass is 10.2. The van der Waals surface area contributed by atoms with E-state index in [4.69, 9.17) is 9.47 Å². The average molecular weight is 350 g/mol. The Balaban J connectivity index is 2.36. The SMILES string of the molecule is CCOc1ccccc1N=Cc1cc(Br)cc(OC)c1O. The fraction of sp³-hybridized carbons (Fsp3) is 0.188. The van der Waals surface area contributed by atoms with Crippen LogP contribution in [-0.2, 0) is 0 Å². The van der Waals surface area contributed by atoms with Crippen molar-refractivity contribution in [3.8, 4) is 17.2 Å². The number of benzene rings is 2. The Hall–Kier alpha value is -2.01. The van der Waals surface area contributed by atoms with Gasteiger partial charge in [-0.2, -0.15) is 0 Å². The van der Waals surface area contributed by atoms with Gasteiger partial charge < -0.3 is 14.6 Å². The molecule has 2 aromatic rings. The smallest absolute Gasteiger partial charge is 0.166 e. The van der Waals surface area contributed by atoms with Gasteiger partial charge in [-0.3, -0.25) is 4.99 Å². The maximum atomic E-state index is 10.1. The molecule has 0 fully saturated rings. The van der Waals surface area contributed by atoms with E-state index in [0.717, 1.165) is 4.47 Å². The maximum Gasteiger partial charge on any atom is 0.166 e. The van der Waals surface area contributed by atoms with Crippen molar-refractivity contribution >= 4 is 27.8 Å². The normalized spacial score (nSPS) is 10.8. The number of nitrogens with zero attached hydrogens (tertiary/aromatic N) is 1. The van der Waals surface area contributed by atoms with Crippen LogP contribution in [0.5, 0.6) is 17.2 Å². The van der Waals surface area contributed by atoms with E-state index in [2.05, 4.69) is 20.9 Å². The fourth-order valence-corrected chi connectivity index (χ4v) is 2.28. The molecule has 0 saturated heterocycles. The topological polar surface area (TPSA) is 51.0 Å². The first-order valence-electron chi connectivity index (χ1n) is 6.48. The third kappa shape index (κ3) is 3.76. The van der Waals surface area contributed by atoms with Crippen LogP contribution in [0.1, 0.15) is 12.5 Å². The zero-order valence-electron chi connectivity index (χ0n) is 11.8. The lowest BCUT2D eigenvalue weighted by Gasteiger charge is -2.08. The minimum Gasteiger partial charge on any atom is -0.504 e. The highest BCUT2D eigenvalue weighted by molar-refractivity contribution is 9.10. The van der Waals surface area contributed by atoms with Gasteiger partial charge >= 0.3 is 0 Å². The number of aromatic hydroxyl groups is 1. The number of aliphatic imine (C=N–C) groups is 1. The van der Waals surface area contributed by atoms with E-state index in [0.29, 0.717) is 29.4 Å². The minimum atomic E-state index is 0.0540. The number of ether oxygens (including phenoxy) is 2. The van der Waals surface area contributed by atoms with Crippen LogP contribution in [0, 0.1) is 0 Å². The molecule has 2 rings (SSSR count). The second-order valence-electron chi connectivity index (χ2n) is 4.20. The molecule has 2 aromatic carbocycles. The van der Waals surface area contributed by atoms with E-state index < -0.39 is 0 Å². The van der Waals surface area contributed by atoms with Gasteiger partial charge in [-0.05, 0) is 31.2 Å². The summed E-state index contributed by atoms with van der Waals surface area (Å²) in [5.74, 6) is 1.15. The third-order valence-electron chi connectivity index (χ3n) is 2.80. The van der Waals surface area contributed by atoms with Crippen molar-refractivity contribution in [1.29, 1.82) is 0 Å². The lowest BCUT2D eigenvalue weighted by Crippen LogP contribution is -1.92. The number of halogens is 1. The number of hydrogen-bond donors (Lipinski definition) is 1. The molecule has 0 aromatic heterocycles. The number of hydrogen-bond acceptors (Lipinski definition) is 4. The molecule has 1 N–H and O–H groups in total. The van der Waals surface area contributed by atoms with Crippen LogP contribution >= 0.6 is 15.9 Å². The monoisotopic (exact) mass is 349 g/mol. The summed E-state index contributed by atoms with van der Waals surface area (Å²) in [7, 11) is 1.51. The molecule has 0 amide bonds. The van der Waals surface area contributed by atoms with Crippen molar-refractivity contribution in [2.24, 2.45) is 4.99 Å². The molecule has 4 nitrogen and oxygen atoms in total. The summed E-state index contributed by atoms with van der Waals surface area (Å²) >= 11 is 3.38. The van der Waals surface area contributed by atoms with Gasteiger partial charge in [-0.25, -0.2) is 0 Å². The molecule has 0 aliphatic heterocycles. The van der Waals surface area contributed by atoms with Gasteiger partial charge in [0.15, 0.2) is 11.5 Å². The van der Waals surface area contributed by atoms with Gasteiger partial charge in [0.2, 0.25) is 0 Å². The minimum absolute atomic E-state index is 0.0540. The summed E-state index contributed by atoms with van der Waals surface area (Å²) in [6.45, 7) is 2.49. The van der Waals surface area contributed by atoms with E-state index in [1.54, 1.807) is 18.3 Å². The Morgan fingerprint density at radius 3 is 2.71 bits per heavy atom. The lowest BCUT2D eigenvalue weighted by molar-refractivity contribution is 0.341. The summed E-state index contributed by atoms with van der Waals surface area (Å²) in [6, 6.07) is 11.0. The Morgan fingerprint density at radius 1 is 1.24 bits per heavy atom. The molecule has 0 heterocycles. The van der Waals surface area contributed by atoms with Crippen LogP contribution in [0.3, 0.4) is 0 Å². The molecule has 21 heavy (non-hydrogen) atoms. The van der Waals surface area contributed by atoms with Gasteiger partial charge in [0.25, 0.3) is 0 Å². The van der Waals surface area contributed by atoms with Gasteiger partial charge in [0.1, 0.15) is 11.4 Å². The number of para-hydroxylation sites is 2. The maximum absolute atomic E-state index is 10.1. The standard InChI is InChI=1S/C16H16BrNO3/c1-3-21-14-7-5-4-6-13(14)18-10-11-8-12(17)9-15(20-2)16(11)19/h4-10,19H,3H2,1-2H3. The average Bonchev–Trinajstić information content (AvgIpc) is 2.49. The summed E-state index contributed by atoms with van der Waals surface area (Å²) in [5.41, 5.74) is 1.27. The van der Waals surface area contributed by atoms with Crippen molar-refractivity contribution in [2.45, 2.75) is 6.92 Å². The van der Waals surface area contributed by atoms with E-state index >= 15 is 0 Å². The van der Waals surface area contributed by atoms with Crippen LogP contribution in [0.15, 0.2) is 45.9 Å². The van der Waals surface area contributed by atoms with Crippen molar-refractivity contribution in [3.05, 3.63) is 46.4 Å². The highest BCUT2D eigenvalue weighted by atomic mass is 79.9. The zero-order valence-corrected chi connectivity index (χ0v) is 13.4. The number of rotatable bonds is 5. The van der Waals surface area contributed by atoms with Crippen molar-refractivity contribution in [2.75, 3.05) is 13.7 Å². The quantitative estimate of drug-likeness (QED) is 0.818. The van der Waals surface area contributed by atoms with Crippen molar-refractivity contribution < 1.29 is 14.6 Å². The Labute approximate surface area is 132 Å². The molecule has 0 spiro atoms. The Morgan fingerprint density at radius 2 is 2.00 bits per heavy atom. The van der Waals surface area contributed by atoms with Crippen LogP contribution in [0.25, 0.3) is 0 Å². The van der Waals surface area contributed by atoms with Crippen LogP contribution in [-0.4, -0.2) is 25.0 Å². The molecule has 0 saturated carbocycles. The number of phenols is 1. The van der Waals surface area contributed by atoms with Gasteiger partial charge in [0, 0.05) is 16.3 Å². The summed E-state index contributed by atoms with van der Waals surface area (Å²) in [5, 5.41) is 10.1. The number of methoxy groups -OCH3 is 1. The Bertz CT molecular complexity index is 656. The molecule has 0 atom stereocenters. The van der Waals surface area contributed by atoms with E-state index in [9.17, 15) is 5.11 Å². The molecule has 0 radical (unpaired) electrons. The summed E-state index contributed by atoms with van der Waals surface area (Å²) in [6.07, 6.45) is 1.58. The molecular formula is C16H16BrNO3. The predicted octanol–water partition coefficient (Wildman–Crippen LogP) is 4.31. The molecule has 5 heteroatoms. The van der Waals surface area contributed by atoms with Crippen LogP contribution < -0.4 is 9.47 Å². The third-order valence-corrected chi connectivity index (χ3v) is 3.25. The summed E-state index contributed by atoms with van der Waals surface area (Å²) in [4.78, 5) is 4.39. The summed E-state index contributed by atoms with van der Waals surface area (Å²) < 4.78 is 11.4. The predicted molar refractivity (Wildman–Crippen MR) is 87.2 cm³/mol. The first-order valence-corrected chi connectivity index (χ1v) is 7.27. The first-order chi connectivity index (χ1) is 10.2. The van der Waals surface area contributed by atoms with E-state index in [-0.39, 0.29) is 5.75 Å². The Kier molecular flexibility index (Phi) is 5.22. The van der Waals surface area contributed by atoms with Gasteiger partial charge in [0.05, 0.1) is 13.7 Å². The van der Waals surface area contributed by atoms with E-state index in [1.807, 2.05) is 31.2 Å². The highest BCUT2D eigenvalue weighted by Crippen LogP contribution is 2.33. The molecule has 0 unspecified atom stereocenters. The molecule has 0 aliphatic carbocycles. The second kappa shape index (κ2) is 7.13. The zero-order chi connectivity index (χ0) is 15.2. The number of phenolic OH excluding ortho intramolecular Hbond substituents is 1. The highest BCUT2D eigenvalue weighted by Gasteiger charge is 2.08. The van der Waals surface area contributed by atoms with Gasteiger partial charge in [-0.1, -0.05) is 28.1 Å².